The van der Waals surface area contributed by atoms with Gasteiger partial charge in [-0.05, 0) is 68.1 Å². The van der Waals surface area contributed by atoms with Crippen molar-refractivity contribution in [3.05, 3.63) is 71.7 Å². The van der Waals surface area contributed by atoms with Crippen LogP contribution in [0, 0.1) is 11.6 Å². The van der Waals surface area contributed by atoms with E-state index in [1.54, 1.807) is 22.7 Å². The maximum absolute atomic E-state index is 14.8. The van der Waals surface area contributed by atoms with Gasteiger partial charge in [-0.25, -0.2) is 19.2 Å². The molecule has 4 rings (SSSR count). The number of halogens is 2. The molecule has 2 aromatic heterocycles. The number of benzene rings is 2. The van der Waals surface area contributed by atoms with Crippen molar-refractivity contribution in [1.29, 1.82) is 0 Å². The number of imidazole rings is 1. The Balaban J connectivity index is 1.38. The maximum Gasteiger partial charge on any atom is 0.359 e. The second-order valence-electron chi connectivity index (χ2n) is 11.5. The maximum atomic E-state index is 14.8. The van der Waals surface area contributed by atoms with E-state index in [-0.39, 0.29) is 23.8 Å². The molecule has 0 saturated heterocycles. The number of aryl methyl sites for hydroxylation is 1. The van der Waals surface area contributed by atoms with E-state index in [0.29, 0.717) is 52.4 Å². The van der Waals surface area contributed by atoms with Gasteiger partial charge in [0.1, 0.15) is 0 Å². The number of carbonyl (C=O) groups excluding carboxylic acids is 1. The average molecular weight is 639 g/mol. The lowest BCUT2D eigenvalue weighted by Crippen LogP contribution is -2.49. The topological polar surface area (TPSA) is 144 Å². The number of hydrogen-bond donors (Lipinski definition) is 4. The van der Waals surface area contributed by atoms with Gasteiger partial charge < -0.3 is 30.7 Å². The first-order valence-electron chi connectivity index (χ1n) is 15.4. The van der Waals surface area contributed by atoms with Gasteiger partial charge in [0.2, 0.25) is 5.82 Å². The zero-order valence-corrected chi connectivity index (χ0v) is 26.5. The van der Waals surface area contributed by atoms with Crippen molar-refractivity contribution in [2.24, 2.45) is 5.73 Å². The van der Waals surface area contributed by atoms with Gasteiger partial charge in [-0.3, -0.25) is 9.20 Å². The van der Waals surface area contributed by atoms with E-state index in [1.807, 2.05) is 20.0 Å². The molecule has 1 unspecified atom stereocenters. The fourth-order valence-electron chi connectivity index (χ4n) is 5.58. The fourth-order valence-corrected chi connectivity index (χ4v) is 5.58. The van der Waals surface area contributed by atoms with Gasteiger partial charge >= 0.3 is 5.97 Å². The van der Waals surface area contributed by atoms with Crippen LogP contribution in [-0.2, 0) is 11.2 Å². The number of carbonyl (C=O) groups is 2. The lowest BCUT2D eigenvalue weighted by atomic mass is 10.0. The summed E-state index contributed by atoms with van der Waals surface area (Å²) >= 11 is 0. The van der Waals surface area contributed by atoms with Crippen LogP contribution in [0.5, 0.6) is 5.75 Å². The molecule has 0 aliphatic rings. The number of nitrogens with zero attached hydrogens (tertiary/aromatic N) is 4. The van der Waals surface area contributed by atoms with Crippen LogP contribution in [0.15, 0.2) is 48.9 Å². The Morgan fingerprint density at radius 2 is 1.85 bits per heavy atom. The molecule has 246 valence electrons. The van der Waals surface area contributed by atoms with E-state index in [9.17, 15) is 23.5 Å². The minimum Gasteiger partial charge on any atom is -0.494 e. The third-order valence-electron chi connectivity index (χ3n) is 8.04. The molecule has 13 heteroatoms. The quantitative estimate of drug-likeness (QED) is 0.0957. The summed E-state index contributed by atoms with van der Waals surface area (Å²) in [7, 11) is 3.22. The molecule has 0 bridgehead atoms. The molecule has 0 radical (unpaired) electrons. The normalized spacial score (nSPS) is 12.6. The van der Waals surface area contributed by atoms with Crippen molar-refractivity contribution in [2.45, 2.75) is 39.0 Å². The van der Waals surface area contributed by atoms with Gasteiger partial charge in [0, 0.05) is 42.2 Å². The minimum atomic E-state index is -1.08. The summed E-state index contributed by atoms with van der Waals surface area (Å²) in [6.07, 6.45) is 8.51. The number of nitrogens with one attached hydrogen (secondary N) is 2. The Labute approximate surface area is 267 Å². The number of aliphatic carboxylic acids is 1. The van der Waals surface area contributed by atoms with E-state index >= 15 is 0 Å². The summed E-state index contributed by atoms with van der Waals surface area (Å²) in [5.41, 5.74) is 8.53. The van der Waals surface area contributed by atoms with E-state index in [4.69, 9.17) is 10.5 Å². The molecule has 0 aliphatic heterocycles. The number of aromatic nitrogens is 3. The lowest BCUT2D eigenvalue weighted by molar-refractivity contribution is -0.902. The van der Waals surface area contributed by atoms with E-state index < -0.39 is 17.6 Å². The number of hydrogen-bond acceptors (Lipinski definition) is 7. The van der Waals surface area contributed by atoms with Crippen molar-refractivity contribution in [1.82, 2.24) is 19.7 Å². The van der Waals surface area contributed by atoms with Crippen LogP contribution >= 0.6 is 0 Å². The summed E-state index contributed by atoms with van der Waals surface area (Å²) in [6, 6.07) is 8.22. The van der Waals surface area contributed by atoms with E-state index in [2.05, 4.69) is 20.6 Å². The molecule has 0 aliphatic carbocycles. The molecule has 2 heterocycles. The number of likely N-dealkylation sites (N-methyl/N-ethyl adjacent to an activating group) is 1. The highest BCUT2D eigenvalue weighted by atomic mass is 19.2. The third kappa shape index (κ3) is 8.15. The highest BCUT2D eigenvalue weighted by Gasteiger charge is 2.24. The molecule has 1 amide bonds. The molecule has 46 heavy (non-hydrogen) atoms. The number of nitrogens with two attached hydrogens (primary N) is 1. The Bertz CT molecular complexity index is 1680. The summed E-state index contributed by atoms with van der Waals surface area (Å²) in [5.74, 6) is -2.87. The van der Waals surface area contributed by atoms with Gasteiger partial charge in [-0.15, -0.1) is 0 Å². The van der Waals surface area contributed by atoms with E-state index in [1.165, 1.54) is 31.6 Å². The Kier molecular flexibility index (Phi) is 11.6. The Hall–Kier alpha value is -4.62. The summed E-state index contributed by atoms with van der Waals surface area (Å²) < 4.78 is 36.2. The highest BCUT2D eigenvalue weighted by Crippen LogP contribution is 2.31. The van der Waals surface area contributed by atoms with Crippen LogP contribution in [-0.4, -0.2) is 82.7 Å². The number of rotatable bonds is 17. The number of unbranched alkanes of at least 4 members (excludes halogenated alkanes) is 2. The third-order valence-corrected chi connectivity index (χ3v) is 8.04. The van der Waals surface area contributed by atoms with Gasteiger partial charge in [0.05, 0.1) is 39.1 Å². The minimum absolute atomic E-state index is 0.0323. The first-order chi connectivity index (χ1) is 22.1. The predicted octanol–water partition coefficient (Wildman–Crippen LogP) is 4.77. The molecule has 0 spiro atoms. The van der Waals surface area contributed by atoms with Gasteiger partial charge in [0.15, 0.2) is 29.6 Å². The zero-order chi connectivity index (χ0) is 33.3. The van der Waals surface area contributed by atoms with Crippen molar-refractivity contribution in [3.63, 3.8) is 0 Å². The van der Waals surface area contributed by atoms with Crippen LogP contribution in [0.2, 0.25) is 0 Å². The van der Waals surface area contributed by atoms with Gasteiger partial charge in [-0.1, -0.05) is 6.92 Å². The molecule has 0 fully saturated rings. The van der Waals surface area contributed by atoms with Crippen molar-refractivity contribution >= 4 is 29.0 Å². The molecule has 1 atom stereocenters. The number of amides is 1. The molecule has 11 nitrogen and oxygen atoms in total. The van der Waals surface area contributed by atoms with Crippen LogP contribution < -0.4 is 21.1 Å². The summed E-state index contributed by atoms with van der Waals surface area (Å²) in [4.78, 5) is 33.1. The van der Waals surface area contributed by atoms with Crippen molar-refractivity contribution < 1.29 is 32.7 Å². The van der Waals surface area contributed by atoms with Crippen LogP contribution in [0.1, 0.15) is 48.5 Å². The van der Waals surface area contributed by atoms with Crippen LogP contribution in [0.25, 0.3) is 16.9 Å². The lowest BCUT2D eigenvalue weighted by Gasteiger charge is -2.33. The zero-order valence-electron chi connectivity index (χ0n) is 26.5. The summed E-state index contributed by atoms with van der Waals surface area (Å²) in [5, 5.41) is 15.5. The number of anilines is 2. The average Bonchev–Trinajstić information content (AvgIpc) is 3.47. The van der Waals surface area contributed by atoms with Crippen molar-refractivity contribution in [3.8, 4) is 17.0 Å². The van der Waals surface area contributed by atoms with Crippen molar-refractivity contribution in [2.75, 3.05) is 52.2 Å². The highest BCUT2D eigenvalue weighted by molar-refractivity contribution is 5.96. The Morgan fingerprint density at radius 3 is 2.57 bits per heavy atom. The van der Waals surface area contributed by atoms with Crippen LogP contribution in [0.3, 0.4) is 0 Å². The monoisotopic (exact) mass is 638 g/mol. The predicted molar refractivity (Wildman–Crippen MR) is 172 cm³/mol. The number of carboxylic acids is 1. The first kappa shape index (κ1) is 34.3. The molecule has 2 aromatic carbocycles. The smallest absolute Gasteiger partial charge is 0.359 e. The number of ether oxygens (including phenoxy) is 1. The second-order valence-corrected chi connectivity index (χ2v) is 11.5. The fraction of sp³-hybridized carbons (Fsp3) is 0.394. The number of fused-ring (bicyclic) bond motifs is 1. The first-order valence-corrected chi connectivity index (χ1v) is 15.4. The molecular formula is C33H42F2N7O4+. The molecule has 0 saturated carbocycles. The Morgan fingerprint density at radius 1 is 1.07 bits per heavy atom. The number of carboxylic acid groups (broad SMARTS) is 1. The standard InChI is InChI=1S/C33H41F2N7O4/c1-4-22-19-23(9-10-24(22)33(45)38-14-6-5-7-17-42(2,18-8-13-36)21-28(43)44)40-31-32-39-20-26(41(32)16-15-37-31)25-11-12-27(46-3)30(35)29(25)34/h9-12,15-16,19-20H,4-8,13-14,17-18,21,36H2,1-3H3,(H2-,37,38,40,43,44,45)/p+1. The van der Waals surface area contributed by atoms with Gasteiger partial charge in [0.25, 0.3) is 5.91 Å². The second kappa shape index (κ2) is 15.6. The summed E-state index contributed by atoms with van der Waals surface area (Å²) in [6.45, 7) is 4.55. The molecule has 4 aromatic rings. The molecule has 5 N–H and O–H groups in total. The molecular weight excluding hydrogens is 596 g/mol. The van der Waals surface area contributed by atoms with Gasteiger partial charge in [-0.2, -0.15) is 4.39 Å². The van der Waals surface area contributed by atoms with Crippen LogP contribution in [0.4, 0.5) is 20.3 Å². The van der Waals surface area contributed by atoms with E-state index in [0.717, 1.165) is 44.3 Å². The number of methoxy groups -OCH3 is 1. The SMILES string of the molecule is CCc1cc(Nc2nccn3c(-c4ccc(OC)c(F)c4F)cnc23)ccc1C(=O)NCCCCC[N+](C)(CCCN)CC(=O)O. The number of quaternary nitrogens is 1. The largest absolute Gasteiger partial charge is 0.494 e.